The molecule has 0 bridgehead atoms. The molecule has 0 saturated heterocycles. The van der Waals surface area contributed by atoms with Gasteiger partial charge in [0.2, 0.25) is 0 Å². The number of aryl methyl sites for hydroxylation is 1. The van der Waals surface area contributed by atoms with Gasteiger partial charge in [0.15, 0.2) is 0 Å². The van der Waals surface area contributed by atoms with Gasteiger partial charge in [0.05, 0.1) is 24.3 Å². The summed E-state index contributed by atoms with van der Waals surface area (Å²) in [6, 6.07) is 0. The summed E-state index contributed by atoms with van der Waals surface area (Å²) in [5.41, 5.74) is 0.700. The molecule has 1 aromatic heterocycles. The lowest BCUT2D eigenvalue weighted by Gasteiger charge is -2.07. The number of carbonyl (C=O) groups is 2. The van der Waals surface area contributed by atoms with Gasteiger partial charge < -0.3 is 14.0 Å². The summed E-state index contributed by atoms with van der Waals surface area (Å²) in [6.45, 7) is 11.3. The van der Waals surface area contributed by atoms with Crippen molar-refractivity contribution < 1.29 is 19.1 Å². The molecule has 0 N–H and O–H groups in total. The van der Waals surface area contributed by atoms with Crippen molar-refractivity contribution in [1.82, 2.24) is 9.55 Å². The molecule has 20 heavy (non-hydrogen) atoms. The molecule has 0 aliphatic heterocycles. The Labute approximate surface area is 121 Å². The third kappa shape index (κ3) is 8.29. The van der Waals surface area contributed by atoms with Crippen molar-refractivity contribution in [2.75, 3.05) is 0 Å². The Hall–Kier alpha value is -1.85. The van der Waals surface area contributed by atoms with Crippen molar-refractivity contribution in [1.29, 1.82) is 0 Å². The number of hydrogen-bond donors (Lipinski definition) is 0. The fourth-order valence-corrected chi connectivity index (χ4v) is 0.984. The molecule has 1 rings (SSSR count). The molecule has 0 atom stereocenters. The minimum atomic E-state index is -0.991. The van der Waals surface area contributed by atoms with Crippen LogP contribution in [0, 0.1) is 0 Å². The predicted molar refractivity (Wildman–Crippen MR) is 76.9 cm³/mol. The summed E-state index contributed by atoms with van der Waals surface area (Å²) in [4.78, 5) is 26.1. The number of esters is 2. The van der Waals surface area contributed by atoms with E-state index in [-0.39, 0.29) is 12.7 Å². The van der Waals surface area contributed by atoms with E-state index in [4.69, 9.17) is 4.74 Å². The Morgan fingerprint density at radius 3 is 2.15 bits per heavy atom. The van der Waals surface area contributed by atoms with Crippen molar-refractivity contribution in [3.8, 4) is 0 Å². The number of rotatable bonds is 3. The fourth-order valence-electron chi connectivity index (χ4n) is 0.984. The van der Waals surface area contributed by atoms with Crippen LogP contribution in [0.1, 0.15) is 47.2 Å². The van der Waals surface area contributed by atoms with E-state index in [0.29, 0.717) is 5.69 Å². The Morgan fingerprint density at radius 2 is 1.75 bits per heavy atom. The van der Waals surface area contributed by atoms with Crippen molar-refractivity contribution in [2.24, 2.45) is 7.05 Å². The van der Waals surface area contributed by atoms with Crippen LogP contribution in [0.5, 0.6) is 0 Å². The number of hydrogen-bond acceptors (Lipinski definition) is 5. The van der Waals surface area contributed by atoms with Crippen LogP contribution < -0.4 is 0 Å². The maximum absolute atomic E-state index is 11.2. The molecular formula is C14H26N2O4. The summed E-state index contributed by atoms with van der Waals surface area (Å²) in [5, 5.41) is 0. The first-order valence-corrected chi connectivity index (χ1v) is 6.83. The quantitative estimate of drug-likeness (QED) is 0.630. The van der Waals surface area contributed by atoms with Crippen LogP contribution in [0.15, 0.2) is 12.5 Å². The van der Waals surface area contributed by atoms with Crippen LogP contribution in [-0.2, 0) is 32.7 Å². The molecule has 1 heterocycles. The van der Waals surface area contributed by atoms with Gasteiger partial charge in [-0.25, -0.2) is 14.6 Å². The largest absolute Gasteiger partial charge is 0.455 e. The molecule has 6 nitrogen and oxygen atoms in total. The lowest BCUT2D eigenvalue weighted by atomic mass is 10.5. The lowest BCUT2D eigenvalue weighted by molar-refractivity contribution is -0.170. The fraction of sp³-hybridized carbons (Fsp3) is 0.643. The molecule has 0 radical (unpaired) electrons. The van der Waals surface area contributed by atoms with Gasteiger partial charge in [-0.15, -0.1) is 0 Å². The maximum Gasteiger partial charge on any atom is 0.417 e. The highest BCUT2D eigenvalue weighted by molar-refractivity contribution is 6.29. The summed E-state index contributed by atoms with van der Waals surface area (Å²) in [6.07, 6.45) is 2.80. The normalized spacial score (nSPS) is 8.80. The Morgan fingerprint density at radius 1 is 1.20 bits per heavy atom. The minimum Gasteiger partial charge on any atom is -0.455 e. The first-order chi connectivity index (χ1) is 9.50. The second-order valence-electron chi connectivity index (χ2n) is 3.53. The summed E-state index contributed by atoms with van der Waals surface area (Å²) >= 11 is 0. The van der Waals surface area contributed by atoms with Gasteiger partial charge in [0, 0.05) is 7.05 Å². The monoisotopic (exact) mass is 286 g/mol. The third-order valence-electron chi connectivity index (χ3n) is 1.78. The van der Waals surface area contributed by atoms with Gasteiger partial charge in [-0.05, 0) is 13.8 Å². The number of carbonyl (C=O) groups excluding carboxylic acids is 2. The molecule has 0 fully saturated rings. The van der Waals surface area contributed by atoms with Gasteiger partial charge in [-0.3, -0.25) is 0 Å². The van der Waals surface area contributed by atoms with Crippen LogP contribution in [0.4, 0.5) is 0 Å². The second-order valence-corrected chi connectivity index (χ2v) is 3.53. The van der Waals surface area contributed by atoms with Crippen molar-refractivity contribution >= 4 is 11.9 Å². The van der Waals surface area contributed by atoms with Crippen LogP contribution >= 0.6 is 0 Å². The molecule has 0 aliphatic carbocycles. The van der Waals surface area contributed by atoms with Crippen LogP contribution in [-0.4, -0.2) is 27.6 Å². The molecule has 1 aromatic rings. The zero-order valence-electron chi connectivity index (χ0n) is 13.5. The molecule has 0 aliphatic rings. The van der Waals surface area contributed by atoms with E-state index in [2.05, 4.69) is 9.72 Å². The minimum absolute atomic E-state index is 0.00251. The zero-order valence-corrected chi connectivity index (χ0v) is 13.5. The number of ether oxygens (including phenoxy) is 2. The van der Waals surface area contributed by atoms with Crippen LogP contribution in [0.25, 0.3) is 0 Å². The maximum atomic E-state index is 11.2. The SMILES string of the molecule is CC.CC.CC(C)OC(=O)C(=O)OCc1cncn1C. The summed E-state index contributed by atoms with van der Waals surface area (Å²) in [7, 11) is 1.77. The lowest BCUT2D eigenvalue weighted by Crippen LogP contribution is -2.23. The van der Waals surface area contributed by atoms with Gasteiger partial charge in [-0.1, -0.05) is 27.7 Å². The molecule has 0 saturated carbocycles. The third-order valence-corrected chi connectivity index (χ3v) is 1.78. The second kappa shape index (κ2) is 12.2. The molecule has 0 aromatic carbocycles. The Bertz CT molecular complexity index is 386. The average molecular weight is 286 g/mol. The first-order valence-electron chi connectivity index (χ1n) is 6.83. The van der Waals surface area contributed by atoms with Gasteiger partial charge in [0.1, 0.15) is 6.61 Å². The van der Waals surface area contributed by atoms with E-state index < -0.39 is 11.9 Å². The van der Waals surface area contributed by atoms with Gasteiger partial charge in [-0.2, -0.15) is 0 Å². The summed E-state index contributed by atoms with van der Waals surface area (Å²) in [5.74, 6) is -1.97. The molecule has 0 spiro atoms. The number of imidazole rings is 1. The smallest absolute Gasteiger partial charge is 0.417 e. The molecule has 6 heteroatoms. The predicted octanol–water partition coefficient (Wildman–Crippen LogP) is 2.47. The number of nitrogens with zero attached hydrogens (tertiary/aromatic N) is 2. The van der Waals surface area contributed by atoms with E-state index in [9.17, 15) is 9.59 Å². The van der Waals surface area contributed by atoms with E-state index in [0.717, 1.165) is 0 Å². The average Bonchev–Trinajstić information content (AvgIpc) is 2.85. The van der Waals surface area contributed by atoms with E-state index >= 15 is 0 Å². The molecular weight excluding hydrogens is 260 g/mol. The van der Waals surface area contributed by atoms with Crippen LogP contribution in [0.3, 0.4) is 0 Å². The van der Waals surface area contributed by atoms with E-state index in [1.165, 1.54) is 0 Å². The van der Waals surface area contributed by atoms with Gasteiger partial charge in [0.25, 0.3) is 0 Å². The Balaban J connectivity index is 0. The first kappa shape index (κ1) is 20.5. The number of aromatic nitrogens is 2. The van der Waals surface area contributed by atoms with E-state index in [1.807, 2.05) is 27.7 Å². The van der Waals surface area contributed by atoms with Crippen molar-refractivity contribution in [3.05, 3.63) is 18.2 Å². The van der Waals surface area contributed by atoms with Crippen molar-refractivity contribution in [3.63, 3.8) is 0 Å². The van der Waals surface area contributed by atoms with Crippen molar-refractivity contribution in [2.45, 2.75) is 54.3 Å². The van der Waals surface area contributed by atoms with E-state index in [1.54, 1.807) is 38.0 Å². The zero-order chi connectivity index (χ0) is 16.1. The summed E-state index contributed by atoms with van der Waals surface area (Å²) < 4.78 is 11.1. The highest BCUT2D eigenvalue weighted by atomic mass is 16.6. The highest BCUT2D eigenvalue weighted by Crippen LogP contribution is 2.00. The molecule has 116 valence electrons. The van der Waals surface area contributed by atoms with Gasteiger partial charge >= 0.3 is 11.9 Å². The molecule has 0 unspecified atom stereocenters. The highest BCUT2D eigenvalue weighted by Gasteiger charge is 2.18. The standard InChI is InChI=1S/C10H14N2O4.2C2H6/c1-7(2)16-10(14)9(13)15-5-8-4-11-6-12(8)3;2*1-2/h4,6-7H,5H2,1-3H3;2*1-2H3. The van der Waals surface area contributed by atoms with Crippen LogP contribution in [0.2, 0.25) is 0 Å². The Kier molecular flexibility index (Phi) is 12.5. The molecule has 0 amide bonds. The topological polar surface area (TPSA) is 70.4 Å².